The average molecular weight is 418 g/mol. The van der Waals surface area contributed by atoms with Gasteiger partial charge < -0.3 is 4.74 Å². The predicted molar refractivity (Wildman–Crippen MR) is 122 cm³/mol. The third-order valence-electron chi connectivity index (χ3n) is 4.98. The van der Waals surface area contributed by atoms with Gasteiger partial charge in [-0.05, 0) is 20.1 Å². The molecule has 0 amide bonds. The maximum atomic E-state index is 13.1. The normalized spacial score (nSPS) is 11.1. The van der Waals surface area contributed by atoms with Crippen LogP contribution < -0.4 is 0 Å². The van der Waals surface area contributed by atoms with Crippen LogP contribution in [0.5, 0.6) is 0 Å². The van der Waals surface area contributed by atoms with Crippen molar-refractivity contribution in [2.75, 3.05) is 12.9 Å². The lowest BCUT2D eigenvalue weighted by Gasteiger charge is -2.14. The van der Waals surface area contributed by atoms with E-state index in [0.29, 0.717) is 17.9 Å². The second kappa shape index (κ2) is 8.32. The van der Waals surface area contributed by atoms with Crippen LogP contribution in [0.25, 0.3) is 33.5 Å². The Hall–Kier alpha value is -3.12. The zero-order valence-corrected chi connectivity index (χ0v) is 18.3. The summed E-state index contributed by atoms with van der Waals surface area (Å²) in [5.41, 5.74) is 5.67. The lowest BCUT2D eigenvalue weighted by Crippen LogP contribution is -2.10. The summed E-state index contributed by atoms with van der Waals surface area (Å²) in [7, 11) is 1.88. The SMILES string of the molecule is CCOC(=O)c1c(-c2ccc(C)cc2)nc2c(c(-c3ccccc3)nn2C)c1SC. The maximum Gasteiger partial charge on any atom is 0.341 e. The zero-order valence-electron chi connectivity index (χ0n) is 17.5. The van der Waals surface area contributed by atoms with Crippen LogP contribution >= 0.6 is 11.8 Å². The number of fused-ring (bicyclic) bond motifs is 1. The molecule has 0 saturated carbocycles. The molecule has 0 spiro atoms. The van der Waals surface area contributed by atoms with Crippen LogP contribution in [0.2, 0.25) is 0 Å². The number of carbonyl (C=O) groups excluding carboxylic acids is 1. The first-order chi connectivity index (χ1) is 14.5. The number of nitrogens with zero attached hydrogens (tertiary/aromatic N) is 3. The standard InChI is InChI=1S/C24H23N3O2S/c1-5-29-24(28)19-20(17-13-11-15(2)12-14-17)25-23-18(22(19)30-4)21(26-27(23)3)16-9-7-6-8-10-16/h6-14H,5H2,1-4H3. The number of ether oxygens (including phenoxy) is 1. The first-order valence-electron chi connectivity index (χ1n) is 9.79. The van der Waals surface area contributed by atoms with Gasteiger partial charge in [-0.3, -0.25) is 0 Å². The molecule has 2 heterocycles. The van der Waals surface area contributed by atoms with Crippen molar-refractivity contribution in [3.8, 4) is 22.5 Å². The highest BCUT2D eigenvalue weighted by atomic mass is 32.2. The number of aryl methyl sites for hydroxylation is 2. The molecular formula is C24H23N3O2S. The molecule has 0 N–H and O–H groups in total. The Bertz CT molecular complexity index is 1220. The van der Waals surface area contributed by atoms with Gasteiger partial charge in [-0.15, -0.1) is 11.8 Å². The van der Waals surface area contributed by atoms with Crippen molar-refractivity contribution in [1.82, 2.24) is 14.8 Å². The molecule has 2 aromatic carbocycles. The van der Waals surface area contributed by atoms with Gasteiger partial charge in [0.25, 0.3) is 0 Å². The Morgan fingerprint density at radius 3 is 2.33 bits per heavy atom. The highest BCUT2D eigenvalue weighted by Crippen LogP contribution is 2.40. The molecule has 6 heteroatoms. The van der Waals surface area contributed by atoms with Gasteiger partial charge in [0.2, 0.25) is 0 Å². The monoisotopic (exact) mass is 417 g/mol. The van der Waals surface area contributed by atoms with E-state index in [0.717, 1.165) is 38.3 Å². The molecule has 4 rings (SSSR count). The molecule has 0 fully saturated rings. The first kappa shape index (κ1) is 20.2. The third-order valence-corrected chi connectivity index (χ3v) is 5.80. The van der Waals surface area contributed by atoms with Gasteiger partial charge in [0.15, 0.2) is 5.65 Å². The van der Waals surface area contributed by atoms with Crippen LogP contribution in [0.15, 0.2) is 59.5 Å². The Kier molecular flexibility index (Phi) is 5.59. The van der Waals surface area contributed by atoms with Gasteiger partial charge in [0, 0.05) is 23.1 Å². The molecule has 2 aromatic heterocycles. The summed E-state index contributed by atoms with van der Waals surface area (Å²) in [6.07, 6.45) is 1.97. The fourth-order valence-corrected chi connectivity index (χ4v) is 4.34. The summed E-state index contributed by atoms with van der Waals surface area (Å²) in [5.74, 6) is -0.366. The van der Waals surface area contributed by atoms with E-state index in [9.17, 15) is 4.79 Å². The van der Waals surface area contributed by atoms with Crippen LogP contribution in [0.4, 0.5) is 0 Å². The first-order valence-corrected chi connectivity index (χ1v) is 11.0. The average Bonchev–Trinajstić information content (AvgIpc) is 3.10. The fourth-order valence-electron chi connectivity index (χ4n) is 3.56. The number of esters is 1. The minimum Gasteiger partial charge on any atom is -0.462 e. The number of carbonyl (C=O) groups is 1. The number of hydrogen-bond donors (Lipinski definition) is 0. The minimum atomic E-state index is -0.366. The maximum absolute atomic E-state index is 13.1. The molecule has 0 bridgehead atoms. The van der Waals surface area contributed by atoms with Gasteiger partial charge in [-0.2, -0.15) is 5.10 Å². The smallest absolute Gasteiger partial charge is 0.341 e. The van der Waals surface area contributed by atoms with Crippen molar-refractivity contribution in [1.29, 1.82) is 0 Å². The Morgan fingerprint density at radius 2 is 1.70 bits per heavy atom. The van der Waals surface area contributed by atoms with Crippen molar-refractivity contribution < 1.29 is 9.53 Å². The summed E-state index contributed by atoms with van der Waals surface area (Å²) < 4.78 is 7.22. The Labute approximate surface area is 180 Å². The van der Waals surface area contributed by atoms with E-state index in [1.807, 2.05) is 81.7 Å². The predicted octanol–water partition coefficient (Wildman–Crippen LogP) is 5.51. The van der Waals surface area contributed by atoms with Gasteiger partial charge in [0.05, 0.1) is 17.7 Å². The molecule has 0 atom stereocenters. The second-order valence-corrected chi connectivity index (χ2v) is 7.81. The molecule has 152 valence electrons. The third kappa shape index (κ3) is 3.48. The molecule has 0 aliphatic carbocycles. The quantitative estimate of drug-likeness (QED) is 0.317. The molecule has 0 aliphatic heterocycles. The van der Waals surface area contributed by atoms with Crippen LogP contribution in [0.3, 0.4) is 0 Å². The van der Waals surface area contributed by atoms with Crippen molar-refractivity contribution in [2.45, 2.75) is 18.7 Å². The summed E-state index contributed by atoms with van der Waals surface area (Å²) in [5, 5.41) is 5.62. The molecule has 0 radical (unpaired) electrons. The van der Waals surface area contributed by atoms with Crippen LogP contribution in [-0.2, 0) is 11.8 Å². The molecule has 5 nitrogen and oxygen atoms in total. The fraction of sp³-hybridized carbons (Fsp3) is 0.208. The van der Waals surface area contributed by atoms with Crippen LogP contribution in [0, 0.1) is 6.92 Å². The van der Waals surface area contributed by atoms with E-state index in [1.54, 1.807) is 4.68 Å². The van der Waals surface area contributed by atoms with Gasteiger partial charge in [-0.25, -0.2) is 14.5 Å². The summed E-state index contributed by atoms with van der Waals surface area (Å²) in [6, 6.07) is 18.0. The van der Waals surface area contributed by atoms with E-state index in [2.05, 4.69) is 0 Å². The van der Waals surface area contributed by atoms with Crippen LogP contribution in [-0.4, -0.2) is 33.6 Å². The minimum absolute atomic E-state index is 0.302. The largest absolute Gasteiger partial charge is 0.462 e. The molecule has 4 aromatic rings. The lowest BCUT2D eigenvalue weighted by molar-refractivity contribution is 0.0523. The van der Waals surface area contributed by atoms with Gasteiger partial charge >= 0.3 is 5.97 Å². The summed E-state index contributed by atoms with van der Waals surface area (Å²) in [4.78, 5) is 18.8. The number of benzene rings is 2. The number of thioether (sulfide) groups is 1. The van der Waals surface area contributed by atoms with E-state index < -0.39 is 0 Å². The van der Waals surface area contributed by atoms with Crippen LogP contribution in [0.1, 0.15) is 22.8 Å². The molecule has 0 saturated heterocycles. The molecular weight excluding hydrogens is 394 g/mol. The number of aromatic nitrogens is 3. The zero-order chi connectivity index (χ0) is 21.3. The van der Waals surface area contributed by atoms with E-state index in [-0.39, 0.29) is 5.97 Å². The number of hydrogen-bond acceptors (Lipinski definition) is 5. The Morgan fingerprint density at radius 1 is 1.03 bits per heavy atom. The van der Waals surface area contributed by atoms with Crippen molar-refractivity contribution >= 4 is 28.8 Å². The van der Waals surface area contributed by atoms with Gasteiger partial charge in [0.1, 0.15) is 11.3 Å². The summed E-state index contributed by atoms with van der Waals surface area (Å²) in [6.45, 7) is 4.15. The van der Waals surface area contributed by atoms with Crippen molar-refractivity contribution in [3.05, 3.63) is 65.7 Å². The summed E-state index contributed by atoms with van der Waals surface area (Å²) >= 11 is 1.52. The lowest BCUT2D eigenvalue weighted by atomic mass is 10.0. The van der Waals surface area contributed by atoms with Gasteiger partial charge in [-0.1, -0.05) is 60.2 Å². The highest BCUT2D eigenvalue weighted by Gasteiger charge is 2.27. The molecule has 0 aliphatic rings. The van der Waals surface area contributed by atoms with Crippen molar-refractivity contribution in [2.24, 2.45) is 7.05 Å². The number of pyridine rings is 1. The van der Waals surface area contributed by atoms with E-state index in [1.165, 1.54) is 11.8 Å². The van der Waals surface area contributed by atoms with E-state index in [4.69, 9.17) is 14.8 Å². The van der Waals surface area contributed by atoms with Crippen molar-refractivity contribution in [3.63, 3.8) is 0 Å². The highest BCUT2D eigenvalue weighted by molar-refractivity contribution is 7.99. The Balaban J connectivity index is 2.10. The molecule has 30 heavy (non-hydrogen) atoms. The molecule has 0 unspecified atom stereocenters. The number of rotatable bonds is 5. The van der Waals surface area contributed by atoms with E-state index >= 15 is 0 Å². The topological polar surface area (TPSA) is 57.0 Å². The second-order valence-electron chi connectivity index (χ2n) is 6.99.